The van der Waals surface area contributed by atoms with E-state index in [1.54, 1.807) is 31.2 Å². The Kier molecular flexibility index (Phi) is 5.09. The van der Waals surface area contributed by atoms with E-state index in [0.29, 0.717) is 16.8 Å². The molecule has 2 aromatic carbocycles. The van der Waals surface area contributed by atoms with Crippen LogP contribution in [-0.4, -0.2) is 17.0 Å². The van der Waals surface area contributed by atoms with E-state index in [9.17, 15) is 9.59 Å². The van der Waals surface area contributed by atoms with E-state index in [1.165, 1.54) is 0 Å². The van der Waals surface area contributed by atoms with Gasteiger partial charge in [-0.05, 0) is 36.3 Å². The number of rotatable bonds is 5. The van der Waals surface area contributed by atoms with Crippen LogP contribution in [0.4, 0.5) is 5.69 Å². The summed E-state index contributed by atoms with van der Waals surface area (Å²) >= 11 is 0. The summed E-state index contributed by atoms with van der Waals surface area (Å²) in [6, 6.07) is 16.4. The van der Waals surface area contributed by atoms with Gasteiger partial charge in [0.05, 0.1) is 6.42 Å². The number of nitrogens with one attached hydrogen (secondary N) is 1. The van der Waals surface area contributed by atoms with Crippen LogP contribution in [0, 0.1) is 0 Å². The van der Waals surface area contributed by atoms with E-state index in [0.717, 1.165) is 5.56 Å². The molecule has 0 aliphatic carbocycles. The lowest BCUT2D eigenvalue weighted by atomic mass is 10.1. The smallest absolute Gasteiger partial charge is 0.307 e. The molecule has 1 amide bonds. The van der Waals surface area contributed by atoms with Crippen molar-refractivity contribution in [2.75, 3.05) is 5.32 Å². The fraction of sp³-hybridized carbons (Fsp3) is 0.111. The number of carboxylic acid groups (broad SMARTS) is 1. The molecule has 0 bridgehead atoms. The van der Waals surface area contributed by atoms with E-state index >= 15 is 0 Å². The first-order valence-corrected chi connectivity index (χ1v) is 6.90. The standard InChI is InChI=1S/C18H17NO3/c1-13(11-14-5-3-2-4-6-14)18(22)19-16-9-7-15(8-10-16)12-17(20)21/h2-11H,12H2,1H3,(H,19,22)(H,20,21). The molecule has 0 aliphatic heterocycles. The Labute approximate surface area is 129 Å². The summed E-state index contributed by atoms with van der Waals surface area (Å²) in [7, 11) is 0. The minimum atomic E-state index is -0.876. The van der Waals surface area contributed by atoms with Crippen LogP contribution in [0.1, 0.15) is 18.1 Å². The second-order valence-corrected chi connectivity index (χ2v) is 4.96. The number of hydrogen-bond donors (Lipinski definition) is 2. The molecule has 112 valence electrons. The van der Waals surface area contributed by atoms with Gasteiger partial charge < -0.3 is 10.4 Å². The van der Waals surface area contributed by atoms with Gasteiger partial charge in [-0.3, -0.25) is 9.59 Å². The van der Waals surface area contributed by atoms with Gasteiger partial charge in [0.15, 0.2) is 0 Å². The zero-order chi connectivity index (χ0) is 15.9. The third-order valence-electron chi connectivity index (χ3n) is 3.11. The third kappa shape index (κ3) is 4.59. The first-order valence-electron chi connectivity index (χ1n) is 6.90. The van der Waals surface area contributed by atoms with Crippen LogP contribution >= 0.6 is 0 Å². The Bertz CT molecular complexity index is 688. The van der Waals surface area contributed by atoms with Crippen LogP contribution in [-0.2, 0) is 16.0 Å². The number of carbonyl (C=O) groups is 2. The molecule has 2 aromatic rings. The molecule has 0 unspecified atom stereocenters. The minimum Gasteiger partial charge on any atom is -0.481 e. The lowest BCUT2D eigenvalue weighted by Gasteiger charge is -2.06. The van der Waals surface area contributed by atoms with E-state index in [-0.39, 0.29) is 12.3 Å². The summed E-state index contributed by atoms with van der Waals surface area (Å²) in [6.07, 6.45) is 1.79. The van der Waals surface area contributed by atoms with Crippen molar-refractivity contribution in [2.45, 2.75) is 13.3 Å². The van der Waals surface area contributed by atoms with Crippen LogP contribution in [0.15, 0.2) is 60.2 Å². The fourth-order valence-corrected chi connectivity index (χ4v) is 1.98. The van der Waals surface area contributed by atoms with Gasteiger partial charge in [-0.2, -0.15) is 0 Å². The first-order chi connectivity index (χ1) is 10.5. The van der Waals surface area contributed by atoms with Crippen LogP contribution in [0.5, 0.6) is 0 Å². The van der Waals surface area contributed by atoms with Gasteiger partial charge in [-0.15, -0.1) is 0 Å². The van der Waals surface area contributed by atoms with E-state index in [4.69, 9.17) is 5.11 Å². The molecular weight excluding hydrogens is 278 g/mol. The largest absolute Gasteiger partial charge is 0.481 e. The highest BCUT2D eigenvalue weighted by atomic mass is 16.4. The normalized spacial score (nSPS) is 11.0. The van der Waals surface area contributed by atoms with Gasteiger partial charge in [0.2, 0.25) is 0 Å². The molecule has 4 nitrogen and oxygen atoms in total. The molecule has 0 fully saturated rings. The number of amides is 1. The molecule has 0 atom stereocenters. The van der Waals surface area contributed by atoms with E-state index in [2.05, 4.69) is 5.32 Å². The van der Waals surface area contributed by atoms with Crippen molar-refractivity contribution in [3.05, 3.63) is 71.3 Å². The van der Waals surface area contributed by atoms with Crippen molar-refractivity contribution < 1.29 is 14.7 Å². The molecule has 0 aliphatic rings. The second-order valence-electron chi connectivity index (χ2n) is 4.96. The zero-order valence-electron chi connectivity index (χ0n) is 12.2. The van der Waals surface area contributed by atoms with Gasteiger partial charge in [0.1, 0.15) is 0 Å². The van der Waals surface area contributed by atoms with Crippen molar-refractivity contribution in [2.24, 2.45) is 0 Å². The van der Waals surface area contributed by atoms with Crippen LogP contribution in [0.3, 0.4) is 0 Å². The average molecular weight is 295 g/mol. The Morgan fingerprint density at radius 1 is 1.05 bits per heavy atom. The Hall–Kier alpha value is -2.88. The zero-order valence-corrected chi connectivity index (χ0v) is 12.2. The Morgan fingerprint density at radius 2 is 1.68 bits per heavy atom. The van der Waals surface area contributed by atoms with Crippen LogP contribution in [0.2, 0.25) is 0 Å². The molecule has 0 spiro atoms. The maximum atomic E-state index is 12.1. The summed E-state index contributed by atoms with van der Waals surface area (Å²) in [5.74, 6) is -1.06. The maximum Gasteiger partial charge on any atom is 0.307 e. The number of benzene rings is 2. The molecule has 0 radical (unpaired) electrons. The average Bonchev–Trinajstić information content (AvgIpc) is 2.49. The summed E-state index contributed by atoms with van der Waals surface area (Å²) in [5, 5.41) is 11.5. The first kappa shape index (κ1) is 15.5. The summed E-state index contributed by atoms with van der Waals surface area (Å²) in [4.78, 5) is 22.7. The maximum absolute atomic E-state index is 12.1. The molecule has 0 saturated carbocycles. The fourth-order valence-electron chi connectivity index (χ4n) is 1.98. The van der Waals surface area contributed by atoms with Crippen LogP contribution in [0.25, 0.3) is 6.08 Å². The van der Waals surface area contributed by atoms with Crippen molar-refractivity contribution in [3.8, 4) is 0 Å². The predicted molar refractivity (Wildman–Crippen MR) is 86.5 cm³/mol. The molecule has 0 heterocycles. The molecule has 2 rings (SSSR count). The highest BCUT2D eigenvalue weighted by molar-refractivity contribution is 6.06. The number of carbonyl (C=O) groups excluding carboxylic acids is 1. The lowest BCUT2D eigenvalue weighted by molar-refractivity contribution is -0.136. The Morgan fingerprint density at radius 3 is 2.27 bits per heavy atom. The van der Waals surface area contributed by atoms with Crippen molar-refractivity contribution >= 4 is 23.6 Å². The minimum absolute atomic E-state index is 0.0266. The van der Waals surface area contributed by atoms with Gasteiger partial charge in [0.25, 0.3) is 5.91 Å². The van der Waals surface area contributed by atoms with Gasteiger partial charge in [0, 0.05) is 11.3 Å². The van der Waals surface area contributed by atoms with Crippen molar-refractivity contribution in [1.29, 1.82) is 0 Å². The quantitative estimate of drug-likeness (QED) is 0.831. The van der Waals surface area contributed by atoms with Crippen molar-refractivity contribution in [3.63, 3.8) is 0 Å². The predicted octanol–water partition coefficient (Wildman–Crippen LogP) is 3.36. The lowest BCUT2D eigenvalue weighted by Crippen LogP contribution is -2.12. The molecule has 0 saturated heterocycles. The molecular formula is C18H17NO3. The number of hydrogen-bond acceptors (Lipinski definition) is 2. The van der Waals surface area contributed by atoms with Gasteiger partial charge in [-0.1, -0.05) is 42.5 Å². The number of aliphatic carboxylic acids is 1. The Balaban J connectivity index is 2.02. The van der Waals surface area contributed by atoms with Crippen LogP contribution < -0.4 is 5.32 Å². The van der Waals surface area contributed by atoms with E-state index < -0.39 is 5.97 Å². The molecule has 2 N–H and O–H groups in total. The number of anilines is 1. The molecule has 4 heteroatoms. The summed E-state index contributed by atoms with van der Waals surface area (Å²) < 4.78 is 0. The summed E-state index contributed by atoms with van der Waals surface area (Å²) in [6.45, 7) is 1.75. The SMILES string of the molecule is CC(=Cc1ccccc1)C(=O)Nc1ccc(CC(=O)O)cc1. The topological polar surface area (TPSA) is 66.4 Å². The van der Waals surface area contributed by atoms with Gasteiger partial charge >= 0.3 is 5.97 Å². The second kappa shape index (κ2) is 7.22. The van der Waals surface area contributed by atoms with Crippen molar-refractivity contribution in [1.82, 2.24) is 0 Å². The monoisotopic (exact) mass is 295 g/mol. The molecule has 0 aromatic heterocycles. The highest BCUT2D eigenvalue weighted by Gasteiger charge is 2.06. The number of carboxylic acids is 1. The highest BCUT2D eigenvalue weighted by Crippen LogP contribution is 2.13. The third-order valence-corrected chi connectivity index (χ3v) is 3.11. The molecule has 22 heavy (non-hydrogen) atoms. The van der Waals surface area contributed by atoms with E-state index in [1.807, 2.05) is 36.4 Å². The van der Waals surface area contributed by atoms with Gasteiger partial charge in [-0.25, -0.2) is 0 Å². The summed E-state index contributed by atoms with van der Waals surface area (Å²) in [5.41, 5.74) is 2.90.